The molecule has 1 rings (SSSR count). The molecule has 0 aliphatic rings. The second kappa shape index (κ2) is 7.58. The molecule has 0 fully saturated rings. The molecule has 1 heterocycles. The number of nitrogens with zero attached hydrogens (tertiary/aromatic N) is 1. The third-order valence-corrected chi connectivity index (χ3v) is 2.80. The Morgan fingerprint density at radius 1 is 1.44 bits per heavy atom. The minimum Gasteiger partial charge on any atom is -0.313 e. The minimum absolute atomic E-state index is 0.960. The molecule has 0 spiro atoms. The van der Waals surface area contributed by atoms with Gasteiger partial charge in [0.1, 0.15) is 0 Å². The maximum absolute atomic E-state index is 4.34. The highest BCUT2D eigenvalue weighted by Gasteiger charge is 1.96. The van der Waals surface area contributed by atoms with Crippen LogP contribution >= 0.6 is 15.9 Å². The van der Waals surface area contributed by atoms with Crippen molar-refractivity contribution >= 4 is 22.0 Å². The molecule has 1 aromatic heterocycles. The van der Waals surface area contributed by atoms with Gasteiger partial charge in [-0.25, -0.2) is 0 Å². The number of hydrogen-bond donors (Lipinski definition) is 1. The van der Waals surface area contributed by atoms with E-state index in [0.29, 0.717) is 0 Å². The van der Waals surface area contributed by atoms with Crippen LogP contribution in [0.1, 0.15) is 32.4 Å². The average Bonchev–Trinajstić information content (AvgIpc) is 2.31. The van der Waals surface area contributed by atoms with E-state index in [2.05, 4.69) is 46.2 Å². The molecule has 1 aromatic rings. The topological polar surface area (TPSA) is 24.9 Å². The summed E-state index contributed by atoms with van der Waals surface area (Å²) in [6, 6.07) is 4.05. The Labute approximate surface area is 106 Å². The highest BCUT2D eigenvalue weighted by atomic mass is 79.9. The normalized spacial score (nSPS) is 11.8. The van der Waals surface area contributed by atoms with Crippen LogP contribution in [0.5, 0.6) is 0 Å². The van der Waals surface area contributed by atoms with E-state index >= 15 is 0 Å². The van der Waals surface area contributed by atoms with Crippen molar-refractivity contribution in [3.63, 3.8) is 0 Å². The molecule has 0 amide bonds. The van der Waals surface area contributed by atoms with Gasteiger partial charge in [0.05, 0.1) is 5.69 Å². The molecule has 0 saturated heterocycles. The molecule has 0 aromatic carbocycles. The Kier molecular flexibility index (Phi) is 6.34. The molecule has 0 atom stereocenters. The van der Waals surface area contributed by atoms with Gasteiger partial charge in [-0.15, -0.1) is 0 Å². The summed E-state index contributed by atoms with van der Waals surface area (Å²) in [5, 5.41) is 3.41. The lowest BCUT2D eigenvalue weighted by Gasteiger charge is -2.06. The summed E-state index contributed by atoms with van der Waals surface area (Å²) in [5.41, 5.74) is 2.42. The zero-order valence-corrected chi connectivity index (χ0v) is 11.5. The van der Waals surface area contributed by atoms with Crippen molar-refractivity contribution in [1.82, 2.24) is 10.3 Å². The predicted octanol–water partition coefficient (Wildman–Crippen LogP) is 3.64. The quantitative estimate of drug-likeness (QED) is 0.806. The van der Waals surface area contributed by atoms with Gasteiger partial charge < -0.3 is 5.32 Å². The summed E-state index contributed by atoms with van der Waals surface area (Å²) in [6.07, 6.45) is 6.23. The smallest absolute Gasteiger partial charge is 0.0630 e. The van der Waals surface area contributed by atoms with E-state index in [1.165, 1.54) is 12.0 Å². The van der Waals surface area contributed by atoms with E-state index in [0.717, 1.165) is 29.7 Å². The van der Waals surface area contributed by atoms with Crippen LogP contribution in [-0.4, -0.2) is 18.1 Å². The molecule has 0 saturated carbocycles. The third-order valence-electron chi connectivity index (χ3n) is 2.34. The van der Waals surface area contributed by atoms with Crippen LogP contribution in [0.2, 0.25) is 0 Å². The van der Waals surface area contributed by atoms with Gasteiger partial charge >= 0.3 is 0 Å². The van der Waals surface area contributed by atoms with E-state index in [4.69, 9.17) is 0 Å². The maximum atomic E-state index is 4.34. The highest BCUT2D eigenvalue weighted by Crippen LogP contribution is 2.11. The number of nitrogens with one attached hydrogen (secondary N) is 1. The number of halogens is 1. The molecular weight excluding hydrogens is 264 g/mol. The van der Waals surface area contributed by atoms with Gasteiger partial charge in [-0.2, -0.15) is 0 Å². The van der Waals surface area contributed by atoms with Gasteiger partial charge in [-0.1, -0.05) is 19.4 Å². The highest BCUT2D eigenvalue weighted by molar-refractivity contribution is 9.10. The van der Waals surface area contributed by atoms with Crippen molar-refractivity contribution in [3.05, 3.63) is 34.1 Å². The molecule has 2 nitrogen and oxygen atoms in total. The van der Waals surface area contributed by atoms with Gasteiger partial charge in [0.25, 0.3) is 0 Å². The molecule has 0 unspecified atom stereocenters. The first-order valence-electron chi connectivity index (χ1n) is 5.78. The van der Waals surface area contributed by atoms with E-state index in [1.54, 1.807) is 0 Å². The monoisotopic (exact) mass is 282 g/mol. The largest absolute Gasteiger partial charge is 0.313 e. The van der Waals surface area contributed by atoms with Crippen LogP contribution in [0.15, 0.2) is 28.4 Å². The summed E-state index contributed by atoms with van der Waals surface area (Å²) >= 11 is 3.38. The molecule has 1 N–H and O–H groups in total. The fraction of sp³-hybridized carbons (Fsp3) is 0.462. The van der Waals surface area contributed by atoms with Gasteiger partial charge in [0.2, 0.25) is 0 Å². The Hall–Kier alpha value is -0.670. The number of aromatic nitrogens is 1. The zero-order chi connectivity index (χ0) is 11.8. The van der Waals surface area contributed by atoms with Crippen molar-refractivity contribution in [3.8, 4) is 0 Å². The molecule has 88 valence electrons. The van der Waals surface area contributed by atoms with Crippen LogP contribution in [0.4, 0.5) is 0 Å². The Bertz CT molecular complexity index is 330. The predicted molar refractivity (Wildman–Crippen MR) is 73.4 cm³/mol. The van der Waals surface area contributed by atoms with Gasteiger partial charge in [0, 0.05) is 17.2 Å². The van der Waals surface area contributed by atoms with Gasteiger partial charge in [-0.05, 0) is 53.5 Å². The Balaban J connectivity index is 2.60. The zero-order valence-electron chi connectivity index (χ0n) is 9.96. The average molecular weight is 283 g/mol. The second-order valence-corrected chi connectivity index (χ2v) is 4.65. The Morgan fingerprint density at radius 2 is 2.25 bits per heavy atom. The van der Waals surface area contributed by atoms with Crippen molar-refractivity contribution in [1.29, 1.82) is 0 Å². The molecule has 0 aliphatic carbocycles. The van der Waals surface area contributed by atoms with Gasteiger partial charge in [0.15, 0.2) is 0 Å². The van der Waals surface area contributed by atoms with Crippen LogP contribution in [0.25, 0.3) is 6.08 Å². The number of pyridine rings is 1. The second-order valence-electron chi connectivity index (χ2n) is 3.73. The molecular formula is C13H19BrN2. The lowest BCUT2D eigenvalue weighted by molar-refractivity contribution is 0.705. The standard InChI is InChI=1S/C13H19BrN2/c1-3-7-15-9-11(4-2)8-13-6-5-12(14)10-16-13/h5-6,8,10,15H,3-4,7,9H2,1-2H3/b11-8+. The van der Waals surface area contributed by atoms with E-state index in [1.807, 2.05) is 18.3 Å². The third kappa shape index (κ3) is 4.90. The van der Waals surface area contributed by atoms with Crippen LogP contribution < -0.4 is 5.32 Å². The summed E-state index contributed by atoms with van der Waals surface area (Å²) < 4.78 is 1.02. The van der Waals surface area contributed by atoms with E-state index < -0.39 is 0 Å². The first kappa shape index (κ1) is 13.4. The maximum Gasteiger partial charge on any atom is 0.0630 e. The fourth-order valence-electron chi connectivity index (χ4n) is 1.39. The number of hydrogen-bond acceptors (Lipinski definition) is 2. The van der Waals surface area contributed by atoms with E-state index in [9.17, 15) is 0 Å². The molecule has 16 heavy (non-hydrogen) atoms. The van der Waals surface area contributed by atoms with Crippen molar-refractivity contribution in [2.24, 2.45) is 0 Å². The summed E-state index contributed by atoms with van der Waals surface area (Å²) in [5.74, 6) is 0. The van der Waals surface area contributed by atoms with E-state index in [-0.39, 0.29) is 0 Å². The molecule has 3 heteroatoms. The minimum atomic E-state index is 0.960. The first-order chi connectivity index (χ1) is 7.76. The lowest BCUT2D eigenvalue weighted by Crippen LogP contribution is -2.17. The Morgan fingerprint density at radius 3 is 2.81 bits per heavy atom. The van der Waals surface area contributed by atoms with Crippen LogP contribution in [0.3, 0.4) is 0 Å². The summed E-state index contributed by atoms with van der Waals surface area (Å²) in [7, 11) is 0. The number of rotatable bonds is 6. The fourth-order valence-corrected chi connectivity index (χ4v) is 1.62. The van der Waals surface area contributed by atoms with Gasteiger partial charge in [-0.3, -0.25) is 4.98 Å². The van der Waals surface area contributed by atoms with Crippen molar-refractivity contribution in [2.45, 2.75) is 26.7 Å². The summed E-state index contributed by atoms with van der Waals surface area (Å²) in [6.45, 7) is 6.39. The van der Waals surface area contributed by atoms with Crippen LogP contribution in [0, 0.1) is 0 Å². The first-order valence-corrected chi connectivity index (χ1v) is 6.57. The SMILES string of the molecule is CCCNC/C(=C/c1ccc(Br)cn1)CC. The molecule has 0 aliphatic heterocycles. The van der Waals surface area contributed by atoms with Crippen molar-refractivity contribution < 1.29 is 0 Å². The summed E-state index contributed by atoms with van der Waals surface area (Å²) in [4.78, 5) is 4.34. The van der Waals surface area contributed by atoms with Crippen molar-refractivity contribution in [2.75, 3.05) is 13.1 Å². The molecule has 0 radical (unpaired) electrons. The lowest BCUT2D eigenvalue weighted by atomic mass is 10.1. The molecule has 0 bridgehead atoms. The van der Waals surface area contributed by atoms with Crippen LogP contribution in [-0.2, 0) is 0 Å².